The highest BCUT2D eigenvalue weighted by Crippen LogP contribution is 2.35. The van der Waals surface area contributed by atoms with Crippen LogP contribution in [-0.4, -0.2) is 64.4 Å². The number of hydrogen-bond donors (Lipinski definition) is 2. The summed E-state index contributed by atoms with van der Waals surface area (Å²) in [5, 5.41) is 6.07. The molecule has 3 rings (SSSR count). The van der Waals surface area contributed by atoms with Crippen LogP contribution in [-0.2, 0) is 0 Å². The van der Waals surface area contributed by atoms with Crippen molar-refractivity contribution in [2.45, 2.75) is 0 Å². The summed E-state index contributed by atoms with van der Waals surface area (Å²) in [7, 11) is 3.06. The molecule has 8 heteroatoms. The van der Waals surface area contributed by atoms with E-state index in [1.165, 1.54) is 19.9 Å². The van der Waals surface area contributed by atoms with Crippen molar-refractivity contribution in [2.75, 3.05) is 63.7 Å². The minimum atomic E-state index is -0.299. The molecule has 2 aromatic rings. The number of rotatable bonds is 7. The number of carbonyl (C=O) groups excluding carboxylic acids is 1. The average Bonchev–Trinajstić information content (AvgIpc) is 2.75. The van der Waals surface area contributed by atoms with Crippen LogP contribution in [0, 0.1) is 0 Å². The third kappa shape index (κ3) is 5.68. The number of para-hydroxylation sites is 1. The quantitative estimate of drug-likeness (QED) is 0.722. The fourth-order valence-corrected chi connectivity index (χ4v) is 3.56. The molecule has 0 radical (unpaired) electrons. The van der Waals surface area contributed by atoms with E-state index in [9.17, 15) is 4.79 Å². The molecule has 0 spiro atoms. The van der Waals surface area contributed by atoms with Gasteiger partial charge in [0.2, 0.25) is 0 Å². The fraction of sp³-hybridized carbons (Fsp3) is 0.381. The molecule has 0 atom stereocenters. The highest BCUT2D eigenvalue weighted by atomic mass is 35.5. The molecule has 29 heavy (non-hydrogen) atoms. The van der Waals surface area contributed by atoms with Gasteiger partial charge < -0.3 is 25.0 Å². The van der Waals surface area contributed by atoms with Gasteiger partial charge in [0.25, 0.3) is 0 Å². The Labute approximate surface area is 176 Å². The third-order valence-electron chi connectivity index (χ3n) is 4.93. The number of benzene rings is 2. The number of carbonyl (C=O) groups is 1. The number of hydrogen-bond acceptors (Lipinski definition) is 5. The van der Waals surface area contributed by atoms with Crippen molar-refractivity contribution >= 4 is 29.0 Å². The molecule has 7 nitrogen and oxygen atoms in total. The number of amides is 2. The maximum absolute atomic E-state index is 12.2. The molecule has 0 bridgehead atoms. The van der Waals surface area contributed by atoms with Crippen molar-refractivity contribution < 1.29 is 14.3 Å². The summed E-state index contributed by atoms with van der Waals surface area (Å²) in [5.74, 6) is 0.975. The Balaban J connectivity index is 1.42. The van der Waals surface area contributed by atoms with Crippen LogP contribution in [0.15, 0.2) is 42.5 Å². The molecule has 2 aromatic carbocycles. The first-order valence-corrected chi connectivity index (χ1v) is 9.97. The Kier molecular flexibility index (Phi) is 7.43. The van der Waals surface area contributed by atoms with Gasteiger partial charge in [-0.1, -0.05) is 29.8 Å². The van der Waals surface area contributed by atoms with Crippen LogP contribution in [0.3, 0.4) is 0 Å². The fourth-order valence-electron chi connectivity index (χ4n) is 3.32. The van der Waals surface area contributed by atoms with Crippen molar-refractivity contribution in [1.82, 2.24) is 10.2 Å². The normalized spacial score (nSPS) is 14.4. The number of ether oxygens (including phenoxy) is 2. The van der Waals surface area contributed by atoms with E-state index in [1.807, 2.05) is 6.07 Å². The van der Waals surface area contributed by atoms with Crippen LogP contribution >= 0.6 is 11.6 Å². The molecule has 2 amide bonds. The lowest BCUT2D eigenvalue weighted by Gasteiger charge is -2.36. The molecule has 0 aromatic heterocycles. The van der Waals surface area contributed by atoms with Gasteiger partial charge in [0.05, 0.1) is 24.9 Å². The lowest BCUT2D eigenvalue weighted by molar-refractivity contribution is 0.240. The van der Waals surface area contributed by atoms with Crippen LogP contribution in [0.2, 0.25) is 5.02 Å². The summed E-state index contributed by atoms with van der Waals surface area (Å²) in [6.07, 6.45) is 0. The smallest absolute Gasteiger partial charge is 0.319 e. The summed E-state index contributed by atoms with van der Waals surface area (Å²) in [5.41, 5.74) is 1.75. The largest absolute Gasteiger partial charge is 0.495 e. The van der Waals surface area contributed by atoms with Crippen LogP contribution in [0.1, 0.15) is 0 Å². The van der Waals surface area contributed by atoms with E-state index >= 15 is 0 Å². The number of halogens is 1. The van der Waals surface area contributed by atoms with Gasteiger partial charge in [0, 0.05) is 51.0 Å². The van der Waals surface area contributed by atoms with E-state index < -0.39 is 0 Å². The van der Waals surface area contributed by atoms with Crippen molar-refractivity contribution in [3.8, 4) is 11.5 Å². The van der Waals surface area contributed by atoms with E-state index in [1.54, 1.807) is 12.1 Å². The monoisotopic (exact) mass is 418 g/mol. The number of piperazine rings is 1. The molecule has 1 aliphatic rings. The summed E-state index contributed by atoms with van der Waals surface area (Å²) in [4.78, 5) is 17.0. The number of nitrogens with one attached hydrogen (secondary N) is 2. The zero-order chi connectivity index (χ0) is 20.6. The van der Waals surface area contributed by atoms with E-state index in [0.717, 1.165) is 32.7 Å². The summed E-state index contributed by atoms with van der Waals surface area (Å²) in [6.45, 7) is 5.27. The third-order valence-corrected chi connectivity index (χ3v) is 5.22. The van der Waals surface area contributed by atoms with Gasteiger partial charge in [-0.15, -0.1) is 0 Å². The maximum Gasteiger partial charge on any atom is 0.319 e. The van der Waals surface area contributed by atoms with Crippen LogP contribution in [0.4, 0.5) is 16.2 Å². The number of anilines is 2. The Bertz CT molecular complexity index is 811. The van der Waals surface area contributed by atoms with Gasteiger partial charge in [-0.2, -0.15) is 0 Å². The molecular formula is C21H27ClN4O3. The molecule has 1 aliphatic heterocycles. The Hall–Kier alpha value is -2.64. The molecule has 156 valence electrons. The van der Waals surface area contributed by atoms with Crippen molar-refractivity contribution in [3.63, 3.8) is 0 Å². The molecule has 0 saturated carbocycles. The van der Waals surface area contributed by atoms with E-state index in [2.05, 4.69) is 44.7 Å². The molecule has 2 N–H and O–H groups in total. The predicted octanol–water partition coefficient (Wildman–Crippen LogP) is 3.30. The lowest BCUT2D eigenvalue weighted by Crippen LogP contribution is -2.48. The van der Waals surface area contributed by atoms with Gasteiger partial charge in [0.1, 0.15) is 11.5 Å². The van der Waals surface area contributed by atoms with Gasteiger partial charge in [-0.25, -0.2) is 4.79 Å². The van der Waals surface area contributed by atoms with E-state index in [0.29, 0.717) is 28.8 Å². The Morgan fingerprint density at radius 1 is 1.03 bits per heavy atom. The first kappa shape index (κ1) is 21.1. The highest BCUT2D eigenvalue weighted by Gasteiger charge is 2.17. The summed E-state index contributed by atoms with van der Waals surface area (Å²) < 4.78 is 10.5. The zero-order valence-corrected chi connectivity index (χ0v) is 17.5. The van der Waals surface area contributed by atoms with Crippen molar-refractivity contribution in [2.24, 2.45) is 0 Å². The highest BCUT2D eigenvalue weighted by molar-refractivity contribution is 6.32. The minimum absolute atomic E-state index is 0.299. The summed E-state index contributed by atoms with van der Waals surface area (Å²) in [6, 6.07) is 13.4. The van der Waals surface area contributed by atoms with Crippen LogP contribution < -0.4 is 25.0 Å². The Morgan fingerprint density at radius 3 is 2.38 bits per heavy atom. The topological polar surface area (TPSA) is 66.1 Å². The number of nitrogens with zero attached hydrogens (tertiary/aromatic N) is 2. The van der Waals surface area contributed by atoms with Gasteiger partial charge in [0.15, 0.2) is 0 Å². The van der Waals surface area contributed by atoms with Gasteiger partial charge >= 0.3 is 6.03 Å². The Morgan fingerprint density at radius 2 is 1.72 bits per heavy atom. The molecular weight excluding hydrogens is 392 g/mol. The molecule has 1 heterocycles. The first-order valence-electron chi connectivity index (χ1n) is 9.59. The zero-order valence-electron chi connectivity index (χ0n) is 16.8. The first-order chi connectivity index (χ1) is 14.1. The molecule has 1 saturated heterocycles. The van der Waals surface area contributed by atoms with E-state index in [-0.39, 0.29) is 6.03 Å². The molecule has 1 fully saturated rings. The standard InChI is InChI=1S/C21H27ClN4O3/c1-28-19-15-20(29-2)18(14-17(19)22)24-21(27)23-8-9-25-10-12-26(13-11-25)16-6-4-3-5-7-16/h3-7,14-15H,8-13H2,1-2H3,(H2,23,24,27). The van der Waals surface area contributed by atoms with Crippen LogP contribution in [0.25, 0.3) is 0 Å². The van der Waals surface area contributed by atoms with Crippen molar-refractivity contribution in [3.05, 3.63) is 47.5 Å². The second kappa shape index (κ2) is 10.2. The summed E-state index contributed by atoms with van der Waals surface area (Å²) >= 11 is 6.14. The van der Waals surface area contributed by atoms with Crippen LogP contribution in [0.5, 0.6) is 11.5 Å². The van der Waals surface area contributed by atoms with Gasteiger partial charge in [-0.3, -0.25) is 4.90 Å². The molecule has 0 unspecified atom stereocenters. The second-order valence-corrected chi connectivity index (χ2v) is 7.14. The molecule has 0 aliphatic carbocycles. The number of urea groups is 1. The SMILES string of the molecule is COc1cc(OC)c(NC(=O)NCCN2CCN(c3ccccc3)CC2)cc1Cl. The maximum atomic E-state index is 12.2. The lowest BCUT2D eigenvalue weighted by atomic mass is 10.2. The predicted molar refractivity (Wildman–Crippen MR) is 117 cm³/mol. The van der Waals surface area contributed by atoms with E-state index in [4.69, 9.17) is 21.1 Å². The van der Waals surface area contributed by atoms with Gasteiger partial charge in [-0.05, 0) is 18.2 Å². The minimum Gasteiger partial charge on any atom is -0.495 e. The number of methoxy groups -OCH3 is 2. The second-order valence-electron chi connectivity index (χ2n) is 6.73. The van der Waals surface area contributed by atoms with Crippen molar-refractivity contribution in [1.29, 1.82) is 0 Å². The average molecular weight is 419 g/mol.